The normalized spacial score (nSPS) is 25.9. The molecule has 100 valence electrons. The lowest BCUT2D eigenvalue weighted by Crippen LogP contribution is -2.35. The van der Waals surface area contributed by atoms with E-state index in [1.165, 1.54) is 11.0 Å². The summed E-state index contributed by atoms with van der Waals surface area (Å²) in [6.45, 7) is 1.25. The molecule has 3 rings (SSSR count). The van der Waals surface area contributed by atoms with Crippen LogP contribution in [-0.4, -0.2) is 42.5 Å². The molecular formula is C13H13NO5. The van der Waals surface area contributed by atoms with Crippen LogP contribution in [0, 0.1) is 0 Å². The van der Waals surface area contributed by atoms with Gasteiger partial charge in [-0.2, -0.15) is 0 Å². The lowest BCUT2D eigenvalue weighted by molar-refractivity contribution is 0.0435. The van der Waals surface area contributed by atoms with Crippen molar-refractivity contribution in [2.24, 2.45) is 0 Å². The van der Waals surface area contributed by atoms with Gasteiger partial charge in [0, 0.05) is 6.42 Å². The summed E-state index contributed by atoms with van der Waals surface area (Å²) in [4.78, 5) is 24.5. The van der Waals surface area contributed by atoms with E-state index in [0.717, 1.165) is 0 Å². The van der Waals surface area contributed by atoms with E-state index in [1.54, 1.807) is 18.2 Å². The maximum Gasteiger partial charge on any atom is 0.415 e. The topological polar surface area (TPSA) is 76.1 Å². The Morgan fingerprint density at radius 2 is 2.16 bits per heavy atom. The third-order valence-corrected chi connectivity index (χ3v) is 3.46. The van der Waals surface area contributed by atoms with Crippen LogP contribution in [0.1, 0.15) is 16.8 Å². The highest BCUT2D eigenvalue weighted by atomic mass is 16.6. The lowest BCUT2D eigenvalue weighted by atomic mass is 10.0. The van der Waals surface area contributed by atoms with Crippen molar-refractivity contribution in [1.29, 1.82) is 0 Å². The molecular weight excluding hydrogens is 250 g/mol. The second kappa shape index (κ2) is 4.24. The highest BCUT2D eigenvalue weighted by Crippen LogP contribution is 2.35. The molecule has 1 atom stereocenters. The lowest BCUT2D eigenvalue weighted by Gasteiger charge is -2.19. The number of benzene rings is 1. The Morgan fingerprint density at radius 1 is 1.37 bits per heavy atom. The quantitative estimate of drug-likeness (QED) is 0.875. The summed E-state index contributed by atoms with van der Waals surface area (Å²) >= 11 is 0. The van der Waals surface area contributed by atoms with Gasteiger partial charge in [0.2, 0.25) is 0 Å². The summed E-state index contributed by atoms with van der Waals surface area (Å²) in [6, 6.07) is 6.41. The molecule has 1 aromatic rings. The number of aromatic carboxylic acids is 1. The van der Waals surface area contributed by atoms with Crippen molar-refractivity contribution in [3.05, 3.63) is 29.8 Å². The monoisotopic (exact) mass is 263 g/mol. The van der Waals surface area contributed by atoms with E-state index in [9.17, 15) is 9.59 Å². The van der Waals surface area contributed by atoms with E-state index in [2.05, 4.69) is 0 Å². The van der Waals surface area contributed by atoms with Crippen LogP contribution in [0.25, 0.3) is 0 Å². The zero-order valence-electron chi connectivity index (χ0n) is 10.2. The van der Waals surface area contributed by atoms with Crippen LogP contribution in [0.15, 0.2) is 24.3 Å². The van der Waals surface area contributed by atoms with Gasteiger partial charge in [-0.25, -0.2) is 9.59 Å². The maximum atomic E-state index is 12.0. The molecule has 1 N–H and O–H groups in total. The van der Waals surface area contributed by atoms with Crippen molar-refractivity contribution in [3.8, 4) is 0 Å². The number of ether oxygens (including phenoxy) is 2. The van der Waals surface area contributed by atoms with Gasteiger partial charge in [-0.3, -0.25) is 4.90 Å². The number of carboxylic acid groups (broad SMARTS) is 1. The molecule has 6 nitrogen and oxygen atoms in total. The fourth-order valence-corrected chi connectivity index (χ4v) is 2.49. The van der Waals surface area contributed by atoms with Crippen LogP contribution in [-0.2, 0) is 9.47 Å². The Bertz CT molecular complexity index is 536. The van der Waals surface area contributed by atoms with Gasteiger partial charge in [0.15, 0.2) is 5.60 Å². The molecule has 1 unspecified atom stereocenters. The van der Waals surface area contributed by atoms with Crippen molar-refractivity contribution >= 4 is 17.7 Å². The van der Waals surface area contributed by atoms with Gasteiger partial charge in [0.25, 0.3) is 0 Å². The van der Waals surface area contributed by atoms with Crippen molar-refractivity contribution in [3.63, 3.8) is 0 Å². The van der Waals surface area contributed by atoms with Gasteiger partial charge < -0.3 is 14.6 Å². The Kier molecular flexibility index (Phi) is 2.67. The molecule has 0 saturated carbocycles. The number of rotatable bonds is 2. The second-order valence-electron chi connectivity index (χ2n) is 4.76. The van der Waals surface area contributed by atoms with Crippen LogP contribution >= 0.6 is 0 Å². The molecule has 2 aliphatic heterocycles. The molecule has 2 heterocycles. The molecule has 0 aliphatic carbocycles. The first-order valence-electron chi connectivity index (χ1n) is 6.02. The Labute approximate surface area is 109 Å². The SMILES string of the molecule is O=C(O)c1ccccc1N1CC2(CCOC2)OC1=O. The first-order chi connectivity index (χ1) is 9.11. The zero-order valence-corrected chi connectivity index (χ0v) is 10.2. The third-order valence-electron chi connectivity index (χ3n) is 3.46. The van der Waals surface area contributed by atoms with E-state index < -0.39 is 17.7 Å². The van der Waals surface area contributed by atoms with Crippen LogP contribution in [0.4, 0.5) is 10.5 Å². The smallest absolute Gasteiger partial charge is 0.415 e. The first-order valence-corrected chi connectivity index (χ1v) is 6.02. The van der Waals surface area contributed by atoms with E-state index in [1.807, 2.05) is 0 Å². The van der Waals surface area contributed by atoms with Crippen molar-refractivity contribution in [1.82, 2.24) is 0 Å². The van der Waals surface area contributed by atoms with Gasteiger partial charge in [0.05, 0.1) is 31.0 Å². The Hall–Kier alpha value is -2.08. The molecule has 2 fully saturated rings. The van der Waals surface area contributed by atoms with Gasteiger partial charge in [0.1, 0.15) is 0 Å². The minimum Gasteiger partial charge on any atom is -0.478 e. The second-order valence-corrected chi connectivity index (χ2v) is 4.76. The molecule has 0 bridgehead atoms. The van der Waals surface area contributed by atoms with E-state index in [4.69, 9.17) is 14.6 Å². The predicted octanol–water partition coefficient (Wildman–Crippen LogP) is 1.50. The molecule has 0 aromatic heterocycles. The van der Waals surface area contributed by atoms with Crippen molar-refractivity contribution in [2.45, 2.75) is 12.0 Å². The summed E-state index contributed by atoms with van der Waals surface area (Å²) in [5.41, 5.74) is -0.165. The van der Waals surface area contributed by atoms with Crippen LogP contribution < -0.4 is 4.90 Å². The zero-order chi connectivity index (χ0) is 13.5. The Morgan fingerprint density at radius 3 is 2.84 bits per heavy atom. The molecule has 2 saturated heterocycles. The largest absolute Gasteiger partial charge is 0.478 e. The number of para-hydroxylation sites is 1. The van der Waals surface area contributed by atoms with Crippen molar-refractivity contribution in [2.75, 3.05) is 24.7 Å². The number of anilines is 1. The maximum absolute atomic E-state index is 12.0. The molecule has 0 radical (unpaired) electrons. The fraction of sp³-hybridized carbons (Fsp3) is 0.385. The van der Waals surface area contributed by atoms with Gasteiger partial charge in [-0.05, 0) is 12.1 Å². The summed E-state index contributed by atoms with van der Waals surface area (Å²) < 4.78 is 10.7. The van der Waals surface area contributed by atoms with E-state index >= 15 is 0 Å². The van der Waals surface area contributed by atoms with E-state index in [-0.39, 0.29) is 5.56 Å². The highest BCUT2D eigenvalue weighted by Gasteiger charge is 2.49. The molecule has 1 aromatic carbocycles. The summed E-state index contributed by atoms with van der Waals surface area (Å²) in [5.74, 6) is -1.06. The number of nitrogens with zero attached hydrogens (tertiary/aromatic N) is 1. The van der Waals surface area contributed by atoms with E-state index in [0.29, 0.717) is 31.9 Å². The number of hydrogen-bond donors (Lipinski definition) is 1. The third kappa shape index (κ3) is 1.94. The average molecular weight is 263 g/mol. The highest BCUT2D eigenvalue weighted by molar-refractivity contribution is 6.00. The van der Waals surface area contributed by atoms with Gasteiger partial charge in [-0.1, -0.05) is 12.1 Å². The molecule has 1 spiro atoms. The van der Waals surface area contributed by atoms with Crippen LogP contribution in [0.5, 0.6) is 0 Å². The summed E-state index contributed by atoms with van der Waals surface area (Å²) in [6.07, 6.45) is 0.129. The average Bonchev–Trinajstić information content (AvgIpc) is 2.97. The standard InChI is InChI=1S/C13H13NO5/c15-11(16)9-3-1-2-4-10(9)14-7-13(19-12(14)17)5-6-18-8-13/h1-4H,5-8H2,(H,15,16). The molecule has 6 heteroatoms. The van der Waals surface area contributed by atoms with Gasteiger partial charge in [-0.15, -0.1) is 0 Å². The molecule has 1 amide bonds. The number of carboxylic acids is 1. The Balaban J connectivity index is 1.95. The van der Waals surface area contributed by atoms with Crippen LogP contribution in [0.2, 0.25) is 0 Å². The number of amides is 1. The summed E-state index contributed by atoms with van der Waals surface area (Å²) in [7, 11) is 0. The molecule has 2 aliphatic rings. The first kappa shape index (κ1) is 12.0. The fourth-order valence-electron chi connectivity index (χ4n) is 2.49. The van der Waals surface area contributed by atoms with Crippen molar-refractivity contribution < 1.29 is 24.2 Å². The minimum absolute atomic E-state index is 0.0930. The number of carbonyl (C=O) groups is 2. The summed E-state index contributed by atoms with van der Waals surface area (Å²) in [5, 5.41) is 9.17. The number of hydrogen-bond acceptors (Lipinski definition) is 4. The molecule has 19 heavy (non-hydrogen) atoms. The number of carbonyl (C=O) groups excluding carboxylic acids is 1. The predicted molar refractivity (Wildman–Crippen MR) is 65.4 cm³/mol. The van der Waals surface area contributed by atoms with Crippen LogP contribution in [0.3, 0.4) is 0 Å². The minimum atomic E-state index is -1.06. The van der Waals surface area contributed by atoms with Gasteiger partial charge >= 0.3 is 12.1 Å².